The molecule has 0 aliphatic rings. The summed E-state index contributed by atoms with van der Waals surface area (Å²) in [7, 11) is 0. The fraction of sp³-hybridized carbons (Fsp3) is 0.364. The van der Waals surface area contributed by atoms with Gasteiger partial charge in [-0.3, -0.25) is 4.79 Å². The molecule has 8 nitrogen and oxygen atoms in total. The zero-order valence-corrected chi connectivity index (χ0v) is 18.8. The third-order valence-electron chi connectivity index (χ3n) is 4.01. The molecule has 0 fully saturated rings. The lowest BCUT2D eigenvalue weighted by Crippen LogP contribution is -2.20. The Labute approximate surface area is 187 Å². The Kier molecular flexibility index (Phi) is 9.77. The summed E-state index contributed by atoms with van der Waals surface area (Å²) >= 11 is 5.97. The first kappa shape index (κ1) is 24.1. The fourth-order valence-corrected chi connectivity index (χ4v) is 2.96. The van der Waals surface area contributed by atoms with Crippen molar-refractivity contribution in [1.29, 1.82) is 0 Å². The Balaban J connectivity index is 0.000000221. The zero-order valence-electron chi connectivity index (χ0n) is 18.0. The highest BCUT2D eigenvalue weighted by Gasteiger charge is 2.10. The highest BCUT2D eigenvalue weighted by molar-refractivity contribution is 6.33. The van der Waals surface area contributed by atoms with Gasteiger partial charge in [-0.25, -0.2) is 0 Å². The number of carbonyl (C=O) groups excluding carboxylic acids is 1. The first-order valence-corrected chi connectivity index (χ1v) is 10.6. The summed E-state index contributed by atoms with van der Waals surface area (Å²) in [5.74, 6) is 1.56. The lowest BCUT2D eigenvalue weighted by molar-refractivity contribution is -0.118. The number of hydrogen-bond donors (Lipinski definition) is 1. The van der Waals surface area contributed by atoms with Gasteiger partial charge in [0, 0.05) is 5.56 Å². The van der Waals surface area contributed by atoms with Crippen LogP contribution in [0, 0.1) is 0 Å². The van der Waals surface area contributed by atoms with Crippen LogP contribution in [0.1, 0.15) is 32.8 Å². The van der Waals surface area contributed by atoms with E-state index in [9.17, 15) is 4.79 Å². The minimum atomic E-state index is -0.525. The monoisotopic (exact) mass is 445 g/mol. The van der Waals surface area contributed by atoms with Crippen LogP contribution in [0.25, 0.3) is 11.4 Å². The molecule has 0 aliphatic heterocycles. The molecule has 1 aromatic heterocycles. The molecule has 3 aromatic rings. The lowest BCUT2D eigenvalue weighted by atomic mass is 10.1. The van der Waals surface area contributed by atoms with Crippen LogP contribution in [0.5, 0.6) is 11.5 Å². The van der Waals surface area contributed by atoms with Gasteiger partial charge < -0.3 is 15.2 Å². The largest absolute Gasteiger partial charge is 0.490 e. The van der Waals surface area contributed by atoms with E-state index in [0.717, 1.165) is 29.1 Å². The fourth-order valence-electron chi connectivity index (χ4n) is 2.74. The van der Waals surface area contributed by atoms with Crippen molar-refractivity contribution in [2.75, 3.05) is 13.2 Å². The molecule has 3 rings (SSSR count). The minimum Gasteiger partial charge on any atom is -0.490 e. The summed E-state index contributed by atoms with van der Waals surface area (Å²) in [6, 6.07) is 13.3. The van der Waals surface area contributed by atoms with Crippen LogP contribution in [0.15, 0.2) is 42.5 Å². The number of carbonyl (C=O) groups is 1. The number of aromatic nitrogens is 4. The quantitative estimate of drug-likeness (QED) is 0.535. The van der Waals surface area contributed by atoms with E-state index < -0.39 is 5.91 Å². The first-order valence-electron chi connectivity index (χ1n) is 10.2. The third kappa shape index (κ3) is 7.57. The molecule has 0 bridgehead atoms. The lowest BCUT2D eigenvalue weighted by Gasteiger charge is -2.12. The molecule has 2 aromatic carbocycles. The zero-order chi connectivity index (χ0) is 22.6. The molecule has 31 heavy (non-hydrogen) atoms. The van der Waals surface area contributed by atoms with Crippen molar-refractivity contribution in [2.24, 2.45) is 5.73 Å². The molecular weight excluding hydrogens is 418 g/mol. The van der Waals surface area contributed by atoms with Gasteiger partial charge in [0.05, 0.1) is 18.2 Å². The van der Waals surface area contributed by atoms with E-state index in [1.807, 2.05) is 26.0 Å². The van der Waals surface area contributed by atoms with Crippen LogP contribution in [0.2, 0.25) is 5.02 Å². The predicted molar refractivity (Wildman–Crippen MR) is 120 cm³/mol. The van der Waals surface area contributed by atoms with Crippen molar-refractivity contribution < 1.29 is 14.3 Å². The highest BCUT2D eigenvalue weighted by atomic mass is 35.5. The smallest absolute Gasteiger partial charge is 0.241 e. The number of primary amides is 1. The van der Waals surface area contributed by atoms with Gasteiger partial charge in [-0.05, 0) is 55.3 Å². The number of nitrogens with two attached hydrogens (primary N) is 1. The van der Waals surface area contributed by atoms with Gasteiger partial charge in [0.1, 0.15) is 6.54 Å². The van der Waals surface area contributed by atoms with Crippen LogP contribution in [-0.4, -0.2) is 39.3 Å². The van der Waals surface area contributed by atoms with Gasteiger partial charge in [0.25, 0.3) is 0 Å². The van der Waals surface area contributed by atoms with Crippen molar-refractivity contribution in [3.05, 3.63) is 53.1 Å². The van der Waals surface area contributed by atoms with E-state index in [4.69, 9.17) is 26.8 Å². The summed E-state index contributed by atoms with van der Waals surface area (Å²) in [4.78, 5) is 11.8. The number of aryl methyl sites for hydroxylation is 1. The second-order valence-electron chi connectivity index (χ2n) is 6.49. The summed E-state index contributed by atoms with van der Waals surface area (Å²) in [6.45, 7) is 7.40. The number of rotatable bonds is 9. The predicted octanol–water partition coefficient (Wildman–Crippen LogP) is 3.92. The maximum Gasteiger partial charge on any atom is 0.241 e. The van der Waals surface area contributed by atoms with Gasteiger partial charge in [0.2, 0.25) is 11.7 Å². The molecule has 0 atom stereocenters. The number of benzene rings is 2. The normalized spacial score (nSPS) is 10.2. The molecule has 0 aliphatic carbocycles. The van der Waals surface area contributed by atoms with Crippen molar-refractivity contribution in [3.8, 4) is 22.9 Å². The Bertz CT molecular complexity index is 977. The van der Waals surface area contributed by atoms with E-state index in [2.05, 4.69) is 34.5 Å². The Morgan fingerprint density at radius 3 is 2.42 bits per heavy atom. The number of hydrogen-bond acceptors (Lipinski definition) is 6. The van der Waals surface area contributed by atoms with Crippen LogP contribution in [0.3, 0.4) is 0 Å². The van der Waals surface area contributed by atoms with Crippen molar-refractivity contribution in [3.63, 3.8) is 0 Å². The number of tetrazole rings is 1. The SMILES string of the molecule is CCCc1ccc(OCC)c(OCC)c1.NC(=O)Cn1nnc(-c2ccccc2Cl)n1. The van der Waals surface area contributed by atoms with E-state index in [0.29, 0.717) is 29.6 Å². The van der Waals surface area contributed by atoms with Crippen molar-refractivity contribution >= 4 is 17.5 Å². The summed E-state index contributed by atoms with van der Waals surface area (Å²) in [5, 5.41) is 12.0. The number of ether oxygens (including phenoxy) is 2. The van der Waals surface area contributed by atoms with Gasteiger partial charge in [-0.1, -0.05) is 43.1 Å². The molecule has 1 heterocycles. The molecule has 2 N–H and O–H groups in total. The molecule has 0 unspecified atom stereocenters. The van der Waals surface area contributed by atoms with Crippen LogP contribution < -0.4 is 15.2 Å². The third-order valence-corrected chi connectivity index (χ3v) is 4.34. The minimum absolute atomic E-state index is 0.0997. The molecule has 0 radical (unpaired) electrons. The maximum atomic E-state index is 10.6. The maximum absolute atomic E-state index is 10.6. The van der Waals surface area contributed by atoms with Gasteiger partial charge >= 0.3 is 0 Å². The van der Waals surface area contributed by atoms with E-state index >= 15 is 0 Å². The average molecular weight is 446 g/mol. The Morgan fingerprint density at radius 2 is 1.77 bits per heavy atom. The van der Waals surface area contributed by atoms with Crippen LogP contribution >= 0.6 is 11.6 Å². The van der Waals surface area contributed by atoms with Crippen LogP contribution in [0.4, 0.5) is 0 Å². The number of halogens is 1. The topological polar surface area (TPSA) is 105 Å². The molecule has 166 valence electrons. The molecule has 0 saturated heterocycles. The van der Waals surface area contributed by atoms with E-state index in [1.54, 1.807) is 18.2 Å². The average Bonchev–Trinajstić information content (AvgIpc) is 3.19. The first-order chi connectivity index (χ1) is 15.0. The summed E-state index contributed by atoms with van der Waals surface area (Å²) < 4.78 is 11.0. The summed E-state index contributed by atoms with van der Waals surface area (Å²) in [5.41, 5.74) is 6.98. The van der Waals surface area contributed by atoms with Gasteiger partial charge in [-0.2, -0.15) is 4.80 Å². The highest BCUT2D eigenvalue weighted by Crippen LogP contribution is 2.29. The second kappa shape index (κ2) is 12.5. The van der Waals surface area contributed by atoms with Gasteiger partial charge in [-0.15, -0.1) is 10.2 Å². The van der Waals surface area contributed by atoms with Gasteiger partial charge in [0.15, 0.2) is 11.5 Å². The standard InChI is InChI=1S/C13H20O2.C9H8ClN5O/c1-4-7-11-8-9-12(14-5-2)13(10-11)15-6-3;10-7-4-2-1-3-6(7)9-12-14-15(13-9)5-8(11)16/h8-10H,4-7H2,1-3H3;1-4H,5H2,(H2,11,16). The molecule has 1 amide bonds. The number of amides is 1. The Hall–Kier alpha value is -3.13. The second-order valence-corrected chi connectivity index (χ2v) is 6.89. The van der Waals surface area contributed by atoms with Crippen LogP contribution in [-0.2, 0) is 17.8 Å². The molecule has 0 saturated carbocycles. The summed E-state index contributed by atoms with van der Waals surface area (Å²) in [6.07, 6.45) is 2.24. The molecule has 0 spiro atoms. The molecular formula is C22H28ClN5O3. The van der Waals surface area contributed by atoms with E-state index in [1.165, 1.54) is 5.56 Å². The van der Waals surface area contributed by atoms with E-state index in [-0.39, 0.29) is 6.54 Å². The molecule has 9 heteroatoms. The van der Waals surface area contributed by atoms with Crippen molar-refractivity contribution in [1.82, 2.24) is 20.2 Å². The van der Waals surface area contributed by atoms with Crippen molar-refractivity contribution in [2.45, 2.75) is 40.2 Å². The Morgan fingerprint density at radius 1 is 1.06 bits per heavy atom. The number of nitrogens with zero attached hydrogens (tertiary/aromatic N) is 4.